The molecule has 40 valence electrons. The molecule has 0 aliphatic heterocycles. The van der Waals surface area contributed by atoms with Crippen molar-refractivity contribution in [2.45, 2.75) is 0 Å². The van der Waals surface area contributed by atoms with Crippen LogP contribution in [0.25, 0.3) is 0 Å². The summed E-state index contributed by atoms with van der Waals surface area (Å²) in [7, 11) is 0. The van der Waals surface area contributed by atoms with E-state index in [0.29, 0.717) is 0 Å². The molecule has 0 N–H and O–H groups in total. The molecule has 0 aliphatic carbocycles. The van der Waals surface area contributed by atoms with E-state index < -0.39 is 5.97 Å². The van der Waals surface area contributed by atoms with Crippen LogP contribution in [-0.4, -0.2) is 11.8 Å². The van der Waals surface area contributed by atoms with Gasteiger partial charge in [0.05, 0.1) is 5.97 Å². The molecular formula is C4H4ClO2-. The molecule has 0 aromatic carbocycles. The van der Waals surface area contributed by atoms with E-state index in [2.05, 4.69) is 6.58 Å². The molecule has 0 saturated carbocycles. The summed E-state index contributed by atoms with van der Waals surface area (Å²) in [6.07, 6.45) is 0. The fraction of sp³-hybridized carbons (Fsp3) is 0.250. The van der Waals surface area contributed by atoms with Crippen LogP contribution in [0.1, 0.15) is 0 Å². The van der Waals surface area contributed by atoms with Crippen LogP contribution in [0.15, 0.2) is 12.2 Å². The molecule has 0 radical (unpaired) electrons. The minimum atomic E-state index is -1.28. The van der Waals surface area contributed by atoms with E-state index in [9.17, 15) is 9.90 Å². The van der Waals surface area contributed by atoms with Gasteiger partial charge in [0.1, 0.15) is 0 Å². The predicted octanol–water partition coefficient (Wildman–Crippen LogP) is -0.469. The molecule has 0 amide bonds. The van der Waals surface area contributed by atoms with E-state index in [4.69, 9.17) is 11.6 Å². The molecule has 0 aliphatic rings. The van der Waals surface area contributed by atoms with Gasteiger partial charge in [-0.2, -0.15) is 0 Å². The summed E-state index contributed by atoms with van der Waals surface area (Å²) in [6, 6.07) is 0. The molecule has 2 nitrogen and oxygen atoms in total. The Hall–Kier alpha value is -0.500. The Morgan fingerprint density at radius 2 is 2.29 bits per heavy atom. The molecule has 0 saturated heterocycles. The van der Waals surface area contributed by atoms with Crippen molar-refractivity contribution >= 4 is 17.6 Å². The molecule has 0 fully saturated rings. The second-order valence-corrected chi connectivity index (χ2v) is 1.29. The van der Waals surface area contributed by atoms with Crippen LogP contribution in [0.5, 0.6) is 0 Å². The minimum Gasteiger partial charge on any atom is -0.545 e. The van der Waals surface area contributed by atoms with Gasteiger partial charge in [0, 0.05) is 5.88 Å². The number of carboxylic acid groups (broad SMARTS) is 1. The second-order valence-electron chi connectivity index (χ2n) is 1.02. The fourth-order valence-corrected chi connectivity index (χ4v) is 0.164. The van der Waals surface area contributed by atoms with E-state index in [1.54, 1.807) is 0 Å². The molecule has 0 bridgehead atoms. The number of aliphatic carboxylic acids is 1. The van der Waals surface area contributed by atoms with Gasteiger partial charge in [-0.05, 0) is 5.57 Å². The van der Waals surface area contributed by atoms with Crippen molar-refractivity contribution < 1.29 is 9.90 Å². The molecule has 0 rings (SSSR count). The highest BCUT2D eigenvalue weighted by Gasteiger charge is 1.86. The van der Waals surface area contributed by atoms with Gasteiger partial charge in [-0.25, -0.2) is 0 Å². The summed E-state index contributed by atoms with van der Waals surface area (Å²) >= 11 is 5.03. The lowest BCUT2D eigenvalue weighted by atomic mass is 10.4. The SMILES string of the molecule is C=C(CCl)C(=O)[O-]. The van der Waals surface area contributed by atoms with Crippen LogP contribution in [0.3, 0.4) is 0 Å². The molecule has 0 aromatic heterocycles. The first-order valence-electron chi connectivity index (χ1n) is 1.63. The predicted molar refractivity (Wildman–Crippen MR) is 24.9 cm³/mol. The maximum absolute atomic E-state index is 9.64. The number of rotatable bonds is 2. The number of carbonyl (C=O) groups is 1. The van der Waals surface area contributed by atoms with Crippen molar-refractivity contribution in [3.63, 3.8) is 0 Å². The summed E-state index contributed by atoms with van der Waals surface area (Å²) in [4.78, 5) is 9.64. The zero-order valence-corrected chi connectivity index (χ0v) is 4.36. The molecule has 0 heterocycles. The van der Waals surface area contributed by atoms with E-state index in [0.717, 1.165) is 0 Å². The Labute approximate surface area is 46.4 Å². The number of halogens is 1. The average molecular weight is 120 g/mol. The van der Waals surface area contributed by atoms with Crippen molar-refractivity contribution in [3.8, 4) is 0 Å². The number of carboxylic acids is 1. The summed E-state index contributed by atoms with van der Waals surface area (Å²) in [5.74, 6) is -1.35. The smallest absolute Gasteiger partial charge is 0.0681 e. The molecular weight excluding hydrogens is 115 g/mol. The third kappa shape index (κ3) is 2.23. The summed E-state index contributed by atoms with van der Waals surface area (Å²) < 4.78 is 0. The lowest BCUT2D eigenvalue weighted by Crippen LogP contribution is -2.24. The molecule has 0 spiro atoms. The highest BCUT2D eigenvalue weighted by molar-refractivity contribution is 6.21. The fourth-order valence-electron chi connectivity index (χ4n) is 0.0546. The van der Waals surface area contributed by atoms with E-state index in [1.807, 2.05) is 0 Å². The Kier molecular flexibility index (Phi) is 2.45. The van der Waals surface area contributed by atoms with Crippen molar-refractivity contribution in [3.05, 3.63) is 12.2 Å². The molecule has 3 heteroatoms. The summed E-state index contributed by atoms with van der Waals surface area (Å²) in [5, 5.41) is 9.64. The van der Waals surface area contributed by atoms with E-state index in [-0.39, 0.29) is 11.5 Å². The number of hydrogen-bond acceptors (Lipinski definition) is 2. The highest BCUT2D eigenvalue weighted by Crippen LogP contribution is 1.88. The molecule has 0 atom stereocenters. The zero-order chi connectivity index (χ0) is 5.86. The highest BCUT2D eigenvalue weighted by atomic mass is 35.5. The Morgan fingerprint density at radius 3 is 2.29 bits per heavy atom. The lowest BCUT2D eigenvalue weighted by molar-refractivity contribution is -0.299. The standard InChI is InChI=1S/C4H5ClO2/c1-3(2-5)4(6)7/h1-2H2,(H,6,7)/p-1. The summed E-state index contributed by atoms with van der Waals surface area (Å²) in [6.45, 7) is 3.08. The Bertz CT molecular complexity index is 97.9. The number of hydrogen-bond donors (Lipinski definition) is 0. The lowest BCUT2D eigenvalue weighted by Gasteiger charge is -1.97. The molecule has 0 aromatic rings. The second kappa shape index (κ2) is 2.64. The summed E-state index contributed by atoms with van der Waals surface area (Å²) in [5.41, 5.74) is -0.0818. The van der Waals surface area contributed by atoms with Gasteiger partial charge in [-0.1, -0.05) is 6.58 Å². The number of carbonyl (C=O) groups excluding carboxylic acids is 1. The van der Waals surface area contributed by atoms with Crippen LogP contribution in [0, 0.1) is 0 Å². The Morgan fingerprint density at radius 1 is 1.86 bits per heavy atom. The van der Waals surface area contributed by atoms with Crippen LogP contribution in [0.2, 0.25) is 0 Å². The topological polar surface area (TPSA) is 40.1 Å². The van der Waals surface area contributed by atoms with Crippen LogP contribution in [0.4, 0.5) is 0 Å². The first-order chi connectivity index (χ1) is 3.18. The van der Waals surface area contributed by atoms with E-state index >= 15 is 0 Å². The van der Waals surface area contributed by atoms with Gasteiger partial charge < -0.3 is 9.90 Å². The normalized spacial score (nSPS) is 8.14. The van der Waals surface area contributed by atoms with Crippen molar-refractivity contribution in [1.82, 2.24) is 0 Å². The largest absolute Gasteiger partial charge is 0.545 e. The molecule has 0 unspecified atom stereocenters. The Balaban J connectivity index is 3.58. The van der Waals surface area contributed by atoms with Crippen LogP contribution < -0.4 is 5.11 Å². The van der Waals surface area contributed by atoms with Crippen molar-refractivity contribution in [1.29, 1.82) is 0 Å². The quantitative estimate of drug-likeness (QED) is 0.364. The first-order valence-corrected chi connectivity index (χ1v) is 2.17. The van der Waals surface area contributed by atoms with Crippen molar-refractivity contribution in [2.75, 3.05) is 5.88 Å². The van der Waals surface area contributed by atoms with Gasteiger partial charge in [0.2, 0.25) is 0 Å². The zero-order valence-electron chi connectivity index (χ0n) is 3.61. The van der Waals surface area contributed by atoms with Crippen LogP contribution in [-0.2, 0) is 4.79 Å². The molecule has 7 heavy (non-hydrogen) atoms. The van der Waals surface area contributed by atoms with Crippen molar-refractivity contribution in [2.24, 2.45) is 0 Å². The first kappa shape index (κ1) is 6.50. The van der Waals surface area contributed by atoms with Gasteiger partial charge in [-0.15, -0.1) is 11.6 Å². The minimum absolute atomic E-state index is 0.0671. The number of alkyl halides is 1. The van der Waals surface area contributed by atoms with E-state index in [1.165, 1.54) is 0 Å². The monoisotopic (exact) mass is 119 g/mol. The third-order valence-electron chi connectivity index (χ3n) is 0.450. The van der Waals surface area contributed by atoms with Gasteiger partial charge in [0.15, 0.2) is 0 Å². The average Bonchev–Trinajstić information content (AvgIpc) is 1.65. The van der Waals surface area contributed by atoms with Crippen LogP contribution >= 0.6 is 11.6 Å². The van der Waals surface area contributed by atoms with Gasteiger partial charge in [0.25, 0.3) is 0 Å². The third-order valence-corrected chi connectivity index (χ3v) is 0.773. The van der Waals surface area contributed by atoms with Gasteiger partial charge >= 0.3 is 0 Å². The maximum Gasteiger partial charge on any atom is 0.0681 e. The van der Waals surface area contributed by atoms with Gasteiger partial charge in [-0.3, -0.25) is 0 Å². The maximum atomic E-state index is 9.64.